The van der Waals surface area contributed by atoms with E-state index >= 15 is 0 Å². The zero-order valence-corrected chi connectivity index (χ0v) is 13.6. The summed E-state index contributed by atoms with van der Waals surface area (Å²) in [6.07, 6.45) is 1.55. The Hall–Kier alpha value is -1.55. The second kappa shape index (κ2) is 9.40. The summed E-state index contributed by atoms with van der Waals surface area (Å²) in [6.45, 7) is 9.72. The molecule has 0 spiro atoms. The minimum atomic E-state index is -0.487. The summed E-state index contributed by atoms with van der Waals surface area (Å²) in [7, 11) is 0. The van der Waals surface area contributed by atoms with Crippen molar-refractivity contribution in [3.8, 4) is 5.75 Å². The zero-order chi connectivity index (χ0) is 15.7. The molecule has 2 unspecified atom stereocenters. The molecule has 0 bridgehead atoms. The molecule has 0 aliphatic carbocycles. The van der Waals surface area contributed by atoms with Gasteiger partial charge in [-0.2, -0.15) is 0 Å². The molecular formula is C17H28N2O2. The fourth-order valence-electron chi connectivity index (χ4n) is 2.12. The summed E-state index contributed by atoms with van der Waals surface area (Å²) in [5, 5.41) is 6.25. The molecule has 1 aromatic rings. The van der Waals surface area contributed by atoms with Crippen LogP contribution in [0.5, 0.6) is 5.75 Å². The normalized spacial score (nSPS) is 13.5. The maximum Gasteiger partial charge on any atom is 0.260 e. The Morgan fingerprint density at radius 2 is 2.05 bits per heavy atom. The van der Waals surface area contributed by atoms with Crippen molar-refractivity contribution in [2.24, 2.45) is 0 Å². The summed E-state index contributed by atoms with van der Waals surface area (Å²) in [5.41, 5.74) is 1.15. The molecule has 0 saturated heterocycles. The van der Waals surface area contributed by atoms with E-state index < -0.39 is 6.10 Å². The van der Waals surface area contributed by atoms with Gasteiger partial charge in [-0.15, -0.1) is 0 Å². The lowest BCUT2D eigenvalue weighted by atomic mass is 10.2. The van der Waals surface area contributed by atoms with Gasteiger partial charge < -0.3 is 15.4 Å². The molecule has 118 valence electrons. The smallest absolute Gasteiger partial charge is 0.260 e. The summed E-state index contributed by atoms with van der Waals surface area (Å²) in [4.78, 5) is 12.0. The van der Waals surface area contributed by atoms with Crippen molar-refractivity contribution in [3.63, 3.8) is 0 Å². The molecule has 0 aromatic heterocycles. The van der Waals surface area contributed by atoms with E-state index in [-0.39, 0.29) is 11.9 Å². The van der Waals surface area contributed by atoms with Crippen LogP contribution in [0, 0.1) is 0 Å². The Kier molecular flexibility index (Phi) is 7.83. The first kappa shape index (κ1) is 17.5. The van der Waals surface area contributed by atoms with E-state index in [0.29, 0.717) is 0 Å². The van der Waals surface area contributed by atoms with Crippen LogP contribution in [0.4, 0.5) is 0 Å². The standard InChI is InChI=1S/C17H28N2O2/c1-5-8-13(3)19-17(20)14(4)21-16-10-7-9-15(11-16)12-18-6-2/h7,9-11,13-14,18H,5-6,8,12H2,1-4H3,(H,19,20). The third-order valence-corrected chi connectivity index (χ3v) is 3.27. The highest BCUT2D eigenvalue weighted by Gasteiger charge is 2.16. The summed E-state index contributed by atoms with van der Waals surface area (Å²) in [6, 6.07) is 8.04. The Bertz CT molecular complexity index is 435. The van der Waals surface area contributed by atoms with Crippen LogP contribution in [0.3, 0.4) is 0 Å². The van der Waals surface area contributed by atoms with Crippen LogP contribution < -0.4 is 15.4 Å². The van der Waals surface area contributed by atoms with Gasteiger partial charge in [-0.05, 0) is 44.5 Å². The van der Waals surface area contributed by atoms with E-state index in [1.54, 1.807) is 6.92 Å². The van der Waals surface area contributed by atoms with E-state index in [0.717, 1.165) is 37.2 Å². The molecule has 21 heavy (non-hydrogen) atoms. The highest BCUT2D eigenvalue weighted by Crippen LogP contribution is 2.15. The minimum Gasteiger partial charge on any atom is -0.481 e. The van der Waals surface area contributed by atoms with Crippen molar-refractivity contribution in [1.29, 1.82) is 0 Å². The molecule has 4 nitrogen and oxygen atoms in total. The molecule has 0 fully saturated rings. The van der Waals surface area contributed by atoms with Gasteiger partial charge in [0.1, 0.15) is 5.75 Å². The average Bonchev–Trinajstić information content (AvgIpc) is 2.45. The number of rotatable bonds is 9. The second-order valence-corrected chi connectivity index (χ2v) is 5.39. The van der Waals surface area contributed by atoms with Gasteiger partial charge in [0.2, 0.25) is 0 Å². The van der Waals surface area contributed by atoms with Crippen molar-refractivity contribution in [2.45, 2.75) is 59.2 Å². The van der Waals surface area contributed by atoms with Gasteiger partial charge in [0, 0.05) is 12.6 Å². The van der Waals surface area contributed by atoms with E-state index in [2.05, 4.69) is 24.5 Å². The molecular weight excluding hydrogens is 264 g/mol. The molecule has 2 N–H and O–H groups in total. The SMILES string of the molecule is CCCC(C)NC(=O)C(C)Oc1cccc(CNCC)c1. The van der Waals surface area contributed by atoms with Crippen molar-refractivity contribution in [2.75, 3.05) is 6.54 Å². The number of hydrogen-bond acceptors (Lipinski definition) is 3. The Morgan fingerprint density at radius 3 is 2.71 bits per heavy atom. The van der Waals surface area contributed by atoms with Crippen molar-refractivity contribution >= 4 is 5.91 Å². The minimum absolute atomic E-state index is 0.0620. The lowest BCUT2D eigenvalue weighted by molar-refractivity contribution is -0.127. The maximum absolute atomic E-state index is 12.0. The van der Waals surface area contributed by atoms with Crippen LogP contribution in [-0.2, 0) is 11.3 Å². The number of benzene rings is 1. The summed E-state index contributed by atoms with van der Waals surface area (Å²) in [5.74, 6) is 0.671. The molecule has 1 rings (SSSR count). The number of carbonyl (C=O) groups is 1. The molecule has 1 aromatic carbocycles. The quantitative estimate of drug-likeness (QED) is 0.736. The third kappa shape index (κ3) is 6.63. The lowest BCUT2D eigenvalue weighted by Gasteiger charge is -2.18. The van der Waals surface area contributed by atoms with Gasteiger partial charge in [-0.3, -0.25) is 4.79 Å². The molecule has 0 radical (unpaired) electrons. The van der Waals surface area contributed by atoms with Gasteiger partial charge in [-0.25, -0.2) is 0 Å². The Morgan fingerprint density at radius 1 is 1.29 bits per heavy atom. The lowest BCUT2D eigenvalue weighted by Crippen LogP contribution is -2.41. The first-order valence-corrected chi connectivity index (χ1v) is 7.83. The predicted molar refractivity (Wildman–Crippen MR) is 86.4 cm³/mol. The Labute approximate surface area is 128 Å². The van der Waals surface area contributed by atoms with E-state index in [4.69, 9.17) is 4.74 Å². The molecule has 0 saturated carbocycles. The van der Waals surface area contributed by atoms with Crippen LogP contribution in [-0.4, -0.2) is 24.6 Å². The first-order valence-electron chi connectivity index (χ1n) is 7.83. The van der Waals surface area contributed by atoms with Gasteiger partial charge in [-0.1, -0.05) is 32.4 Å². The maximum atomic E-state index is 12.0. The van der Waals surface area contributed by atoms with Gasteiger partial charge in [0.15, 0.2) is 6.10 Å². The number of hydrogen-bond donors (Lipinski definition) is 2. The molecule has 1 amide bonds. The van der Waals surface area contributed by atoms with Gasteiger partial charge in [0.25, 0.3) is 5.91 Å². The molecule has 0 aliphatic rings. The average molecular weight is 292 g/mol. The third-order valence-electron chi connectivity index (χ3n) is 3.27. The predicted octanol–water partition coefficient (Wildman–Crippen LogP) is 2.87. The molecule has 0 heterocycles. The van der Waals surface area contributed by atoms with Crippen LogP contribution in [0.15, 0.2) is 24.3 Å². The van der Waals surface area contributed by atoms with Crippen molar-refractivity contribution < 1.29 is 9.53 Å². The number of nitrogens with one attached hydrogen (secondary N) is 2. The zero-order valence-electron chi connectivity index (χ0n) is 13.6. The number of carbonyl (C=O) groups excluding carboxylic acids is 1. The van der Waals surface area contributed by atoms with Crippen LogP contribution >= 0.6 is 0 Å². The van der Waals surface area contributed by atoms with Gasteiger partial charge >= 0.3 is 0 Å². The molecule has 0 aliphatic heterocycles. The second-order valence-electron chi connectivity index (χ2n) is 5.39. The van der Waals surface area contributed by atoms with E-state index in [9.17, 15) is 4.79 Å². The van der Waals surface area contributed by atoms with Crippen LogP contribution in [0.2, 0.25) is 0 Å². The topological polar surface area (TPSA) is 50.4 Å². The monoisotopic (exact) mass is 292 g/mol. The van der Waals surface area contributed by atoms with Crippen LogP contribution in [0.1, 0.15) is 46.1 Å². The fourth-order valence-corrected chi connectivity index (χ4v) is 2.12. The Balaban J connectivity index is 2.53. The highest BCUT2D eigenvalue weighted by atomic mass is 16.5. The summed E-state index contributed by atoms with van der Waals surface area (Å²) < 4.78 is 5.74. The van der Waals surface area contributed by atoms with E-state index in [1.807, 2.05) is 31.2 Å². The number of ether oxygens (including phenoxy) is 1. The first-order chi connectivity index (χ1) is 10.1. The number of amides is 1. The largest absolute Gasteiger partial charge is 0.481 e. The van der Waals surface area contributed by atoms with E-state index in [1.165, 1.54) is 0 Å². The fraction of sp³-hybridized carbons (Fsp3) is 0.588. The van der Waals surface area contributed by atoms with Crippen molar-refractivity contribution in [3.05, 3.63) is 29.8 Å². The highest BCUT2D eigenvalue weighted by molar-refractivity contribution is 5.80. The summed E-state index contributed by atoms with van der Waals surface area (Å²) >= 11 is 0. The van der Waals surface area contributed by atoms with Gasteiger partial charge in [0.05, 0.1) is 0 Å². The molecule has 2 atom stereocenters. The van der Waals surface area contributed by atoms with Crippen molar-refractivity contribution in [1.82, 2.24) is 10.6 Å². The molecule has 4 heteroatoms. The van der Waals surface area contributed by atoms with Crippen LogP contribution in [0.25, 0.3) is 0 Å².